The number of nitrogens with zero attached hydrogens (tertiary/aromatic N) is 3. The molecule has 9 heteroatoms. The van der Waals surface area contributed by atoms with Crippen LogP contribution in [-0.4, -0.2) is 51.2 Å². The van der Waals surface area contributed by atoms with E-state index in [1.807, 2.05) is 43.5 Å². The molecule has 1 fully saturated rings. The van der Waals surface area contributed by atoms with Crippen molar-refractivity contribution in [1.29, 1.82) is 0 Å². The summed E-state index contributed by atoms with van der Waals surface area (Å²) in [5.74, 6) is -0.121. The molecule has 2 N–H and O–H groups in total. The quantitative estimate of drug-likeness (QED) is 0.255. The van der Waals surface area contributed by atoms with E-state index in [2.05, 4.69) is 16.4 Å². The van der Waals surface area contributed by atoms with Crippen molar-refractivity contribution in [1.82, 2.24) is 20.2 Å². The Balaban J connectivity index is 1.19. The first-order valence-corrected chi connectivity index (χ1v) is 13.2. The number of nitro benzene ring substituents is 1. The van der Waals surface area contributed by atoms with Crippen molar-refractivity contribution in [2.45, 2.75) is 38.5 Å². The van der Waals surface area contributed by atoms with Crippen LogP contribution < -0.4 is 5.32 Å². The number of carbonyl (C=O) groups is 2. The number of para-hydroxylation sites is 1. The van der Waals surface area contributed by atoms with Crippen LogP contribution in [0.1, 0.15) is 51.6 Å². The van der Waals surface area contributed by atoms with Gasteiger partial charge in [-0.25, -0.2) is 0 Å². The van der Waals surface area contributed by atoms with Crippen LogP contribution in [0.4, 0.5) is 5.69 Å². The van der Waals surface area contributed by atoms with Gasteiger partial charge in [0.05, 0.1) is 22.6 Å². The van der Waals surface area contributed by atoms with Gasteiger partial charge in [0, 0.05) is 60.5 Å². The summed E-state index contributed by atoms with van der Waals surface area (Å²) in [5.41, 5.74) is 5.07. The lowest BCUT2D eigenvalue weighted by atomic mass is 9.89. The molecule has 3 heterocycles. The third-order valence-electron chi connectivity index (χ3n) is 7.37. The fourth-order valence-corrected chi connectivity index (χ4v) is 5.29. The molecule has 0 spiro atoms. The molecule has 9 nitrogen and oxygen atoms in total. The van der Waals surface area contributed by atoms with Gasteiger partial charge >= 0.3 is 0 Å². The summed E-state index contributed by atoms with van der Waals surface area (Å²) >= 11 is 0. The molecule has 0 saturated carbocycles. The number of benzene rings is 2. The number of aromatic amines is 1. The van der Waals surface area contributed by atoms with Crippen molar-refractivity contribution in [3.8, 4) is 0 Å². The highest BCUT2D eigenvalue weighted by Gasteiger charge is 2.28. The predicted molar refractivity (Wildman–Crippen MR) is 149 cm³/mol. The van der Waals surface area contributed by atoms with Crippen LogP contribution in [0, 0.1) is 17.0 Å². The van der Waals surface area contributed by atoms with Crippen molar-refractivity contribution in [3.63, 3.8) is 0 Å². The number of rotatable bonds is 8. The van der Waals surface area contributed by atoms with Gasteiger partial charge in [-0.2, -0.15) is 0 Å². The number of pyridine rings is 1. The van der Waals surface area contributed by atoms with Crippen LogP contribution in [0.15, 0.2) is 66.9 Å². The Morgan fingerprint density at radius 3 is 2.69 bits per heavy atom. The number of non-ortho nitro benzene ring substituents is 1. The second-order valence-electron chi connectivity index (χ2n) is 10.0. The van der Waals surface area contributed by atoms with Gasteiger partial charge in [0.25, 0.3) is 11.6 Å². The van der Waals surface area contributed by atoms with E-state index in [0.29, 0.717) is 43.6 Å². The number of H-pyrrole nitrogens is 1. The van der Waals surface area contributed by atoms with E-state index in [4.69, 9.17) is 4.98 Å². The van der Waals surface area contributed by atoms with Gasteiger partial charge in [0.1, 0.15) is 0 Å². The van der Waals surface area contributed by atoms with Crippen LogP contribution in [0.25, 0.3) is 10.9 Å². The number of hydrogen-bond acceptors (Lipinski definition) is 5. The van der Waals surface area contributed by atoms with Gasteiger partial charge in [0.15, 0.2) is 0 Å². The maximum absolute atomic E-state index is 13.2. The van der Waals surface area contributed by atoms with Crippen molar-refractivity contribution in [2.24, 2.45) is 0 Å². The topological polar surface area (TPSA) is 121 Å². The van der Waals surface area contributed by atoms with Crippen LogP contribution in [0.5, 0.6) is 0 Å². The van der Waals surface area contributed by atoms with Gasteiger partial charge in [-0.05, 0) is 55.5 Å². The van der Waals surface area contributed by atoms with E-state index in [1.54, 1.807) is 17.0 Å². The van der Waals surface area contributed by atoms with E-state index >= 15 is 0 Å². The number of amides is 2. The Morgan fingerprint density at radius 1 is 1.10 bits per heavy atom. The van der Waals surface area contributed by atoms with Crippen molar-refractivity contribution in [2.75, 3.05) is 19.6 Å². The third-order valence-corrected chi connectivity index (χ3v) is 7.37. The van der Waals surface area contributed by atoms with E-state index in [0.717, 1.165) is 34.3 Å². The first-order valence-electron chi connectivity index (χ1n) is 13.2. The van der Waals surface area contributed by atoms with E-state index in [1.165, 1.54) is 12.1 Å². The Bertz CT molecular complexity index is 1520. The summed E-state index contributed by atoms with van der Waals surface area (Å²) in [6, 6.07) is 18.0. The number of aryl methyl sites for hydroxylation is 1. The number of aromatic nitrogens is 2. The Labute approximate surface area is 226 Å². The Hall–Kier alpha value is -4.53. The lowest BCUT2D eigenvalue weighted by Gasteiger charge is -2.32. The van der Waals surface area contributed by atoms with Crippen molar-refractivity contribution >= 4 is 28.4 Å². The van der Waals surface area contributed by atoms with Gasteiger partial charge in [-0.1, -0.05) is 30.3 Å². The summed E-state index contributed by atoms with van der Waals surface area (Å²) in [6.07, 6.45) is 4.23. The van der Waals surface area contributed by atoms with Gasteiger partial charge in [-0.15, -0.1) is 0 Å². The summed E-state index contributed by atoms with van der Waals surface area (Å²) in [6.45, 7) is 3.53. The zero-order valence-corrected chi connectivity index (χ0v) is 21.9. The highest BCUT2D eigenvalue weighted by molar-refractivity contribution is 5.95. The largest absolute Gasteiger partial charge is 0.361 e. The average Bonchev–Trinajstić information content (AvgIpc) is 3.36. The van der Waals surface area contributed by atoms with Gasteiger partial charge < -0.3 is 15.2 Å². The Kier molecular flexibility index (Phi) is 7.67. The molecule has 1 aliphatic rings. The molecule has 0 radical (unpaired) electrons. The standard InChI is InChI=1S/C30H31N5O4/c1-20-9-10-26(30(37)31-14-11-23-19-32-27-8-3-2-7-25(23)27)29(33-20)22-12-15-34(16-13-22)28(36)18-21-5-4-6-24(17-21)35(38)39/h2-10,17,19,22,32H,11-16,18H2,1H3,(H,31,37). The average molecular weight is 526 g/mol. The van der Waals surface area contributed by atoms with Gasteiger partial charge in [0.2, 0.25) is 5.91 Å². The minimum absolute atomic E-state index is 0.0169. The number of nitro groups is 1. The first kappa shape index (κ1) is 26.1. The normalized spacial score (nSPS) is 13.9. The summed E-state index contributed by atoms with van der Waals surface area (Å²) in [7, 11) is 0. The zero-order chi connectivity index (χ0) is 27.4. The minimum Gasteiger partial charge on any atom is -0.361 e. The number of nitrogens with one attached hydrogen (secondary N) is 2. The lowest BCUT2D eigenvalue weighted by Crippen LogP contribution is -2.39. The summed E-state index contributed by atoms with van der Waals surface area (Å²) < 4.78 is 0. The van der Waals surface area contributed by atoms with Crippen molar-refractivity contribution in [3.05, 3.63) is 105 Å². The zero-order valence-electron chi connectivity index (χ0n) is 21.9. The molecule has 2 aromatic heterocycles. The number of fused-ring (bicyclic) bond motifs is 1. The highest BCUT2D eigenvalue weighted by Crippen LogP contribution is 2.30. The van der Waals surface area contributed by atoms with E-state index in [9.17, 15) is 19.7 Å². The second-order valence-corrected chi connectivity index (χ2v) is 10.0. The molecule has 200 valence electrons. The van der Waals surface area contributed by atoms with Crippen LogP contribution in [0.2, 0.25) is 0 Å². The number of hydrogen-bond donors (Lipinski definition) is 2. The molecule has 0 unspecified atom stereocenters. The maximum atomic E-state index is 13.2. The van der Waals surface area contributed by atoms with Gasteiger partial charge in [-0.3, -0.25) is 24.7 Å². The smallest absolute Gasteiger partial charge is 0.269 e. The molecular formula is C30H31N5O4. The van der Waals surface area contributed by atoms with Crippen LogP contribution >= 0.6 is 0 Å². The number of likely N-dealkylation sites (tertiary alicyclic amines) is 1. The SMILES string of the molecule is Cc1ccc(C(=O)NCCc2c[nH]c3ccccc23)c(C2CCN(C(=O)Cc3cccc([N+](=O)[O-])c3)CC2)n1. The van der Waals surface area contributed by atoms with Crippen LogP contribution in [0.3, 0.4) is 0 Å². The maximum Gasteiger partial charge on any atom is 0.269 e. The fraction of sp³-hybridized carbons (Fsp3) is 0.300. The molecule has 39 heavy (non-hydrogen) atoms. The van der Waals surface area contributed by atoms with Crippen molar-refractivity contribution < 1.29 is 14.5 Å². The first-order chi connectivity index (χ1) is 18.9. The molecule has 1 saturated heterocycles. The molecule has 1 aliphatic heterocycles. The minimum atomic E-state index is -0.454. The lowest BCUT2D eigenvalue weighted by molar-refractivity contribution is -0.384. The number of piperidine rings is 1. The Morgan fingerprint density at radius 2 is 1.90 bits per heavy atom. The highest BCUT2D eigenvalue weighted by atomic mass is 16.6. The summed E-state index contributed by atoms with van der Waals surface area (Å²) in [4.78, 5) is 46.5. The second kappa shape index (κ2) is 11.5. The van der Waals surface area contributed by atoms with E-state index < -0.39 is 4.92 Å². The molecule has 4 aromatic rings. The fourth-order valence-electron chi connectivity index (χ4n) is 5.29. The molecule has 2 aromatic carbocycles. The molecule has 2 amide bonds. The number of carbonyl (C=O) groups excluding carboxylic acids is 2. The van der Waals surface area contributed by atoms with E-state index in [-0.39, 0.29) is 29.8 Å². The molecule has 0 aliphatic carbocycles. The molecule has 0 bridgehead atoms. The predicted octanol–water partition coefficient (Wildman–Crippen LogP) is 4.70. The monoisotopic (exact) mass is 525 g/mol. The molecule has 0 atom stereocenters. The summed E-state index contributed by atoms with van der Waals surface area (Å²) in [5, 5.41) is 15.3. The molecular weight excluding hydrogens is 494 g/mol. The molecule has 5 rings (SSSR count). The third kappa shape index (κ3) is 5.98. The van der Waals surface area contributed by atoms with Crippen LogP contribution in [-0.2, 0) is 17.6 Å².